The van der Waals surface area contributed by atoms with E-state index in [9.17, 15) is 19.5 Å². The first-order chi connectivity index (χ1) is 12.5. The highest BCUT2D eigenvalue weighted by atomic mass is 16.5. The number of ketones is 1. The second-order valence-electron chi connectivity index (χ2n) is 6.20. The number of aliphatic hydroxyl groups excluding tert-OH is 1. The number of ether oxygens (including phenoxy) is 1. The third-order valence-electron chi connectivity index (χ3n) is 4.24. The van der Waals surface area contributed by atoms with E-state index in [1.807, 2.05) is 0 Å². The molecule has 2 aromatic rings. The molecule has 6 heteroatoms. The zero-order valence-corrected chi connectivity index (χ0v) is 14.0. The molecular formula is C20H19NO5. The van der Waals surface area contributed by atoms with Gasteiger partial charge in [-0.2, -0.15) is 0 Å². The lowest BCUT2D eigenvalue weighted by molar-refractivity contribution is -0.135. The van der Waals surface area contributed by atoms with Crippen molar-refractivity contribution in [2.24, 2.45) is 0 Å². The SMILES string of the molecule is O=C(N[C@H]1C[C@H](O)CC(=O)[C@H]1OC(=O)c1ccccc1)c1ccccc1. The van der Waals surface area contributed by atoms with Gasteiger partial charge in [0, 0.05) is 12.0 Å². The van der Waals surface area contributed by atoms with Crippen LogP contribution in [0.2, 0.25) is 0 Å². The van der Waals surface area contributed by atoms with Crippen LogP contribution in [0.3, 0.4) is 0 Å². The third-order valence-corrected chi connectivity index (χ3v) is 4.24. The molecule has 0 heterocycles. The molecular weight excluding hydrogens is 334 g/mol. The van der Waals surface area contributed by atoms with Gasteiger partial charge in [0.05, 0.1) is 17.7 Å². The number of aliphatic hydroxyl groups is 1. The van der Waals surface area contributed by atoms with Gasteiger partial charge in [-0.15, -0.1) is 0 Å². The van der Waals surface area contributed by atoms with Crippen molar-refractivity contribution in [2.75, 3.05) is 0 Å². The lowest BCUT2D eigenvalue weighted by Gasteiger charge is -2.33. The molecule has 0 saturated heterocycles. The third kappa shape index (κ3) is 4.15. The summed E-state index contributed by atoms with van der Waals surface area (Å²) in [6, 6.07) is 16.1. The van der Waals surface area contributed by atoms with E-state index in [4.69, 9.17) is 4.74 Å². The van der Waals surface area contributed by atoms with Gasteiger partial charge < -0.3 is 15.2 Å². The van der Waals surface area contributed by atoms with Crippen molar-refractivity contribution in [3.63, 3.8) is 0 Å². The first kappa shape index (κ1) is 17.8. The highest BCUT2D eigenvalue weighted by Gasteiger charge is 2.40. The number of esters is 1. The van der Waals surface area contributed by atoms with E-state index < -0.39 is 35.9 Å². The summed E-state index contributed by atoms with van der Waals surface area (Å²) in [6.45, 7) is 0. The fourth-order valence-corrected chi connectivity index (χ4v) is 2.95. The Morgan fingerprint density at radius 2 is 1.54 bits per heavy atom. The van der Waals surface area contributed by atoms with Crippen molar-refractivity contribution in [1.29, 1.82) is 0 Å². The van der Waals surface area contributed by atoms with Crippen LogP contribution in [0.5, 0.6) is 0 Å². The molecule has 0 bridgehead atoms. The van der Waals surface area contributed by atoms with Gasteiger partial charge >= 0.3 is 5.97 Å². The molecule has 3 rings (SSSR count). The molecule has 0 unspecified atom stereocenters. The van der Waals surface area contributed by atoms with E-state index in [-0.39, 0.29) is 12.8 Å². The predicted molar refractivity (Wildman–Crippen MR) is 93.6 cm³/mol. The smallest absolute Gasteiger partial charge is 0.338 e. The summed E-state index contributed by atoms with van der Waals surface area (Å²) in [6.07, 6.45) is -1.98. The molecule has 0 radical (unpaired) electrons. The quantitative estimate of drug-likeness (QED) is 0.817. The van der Waals surface area contributed by atoms with Crippen molar-refractivity contribution in [1.82, 2.24) is 5.32 Å². The first-order valence-corrected chi connectivity index (χ1v) is 8.37. The summed E-state index contributed by atoms with van der Waals surface area (Å²) < 4.78 is 5.37. The van der Waals surface area contributed by atoms with E-state index >= 15 is 0 Å². The molecule has 1 amide bonds. The number of benzene rings is 2. The van der Waals surface area contributed by atoms with Crippen molar-refractivity contribution < 1.29 is 24.2 Å². The molecule has 6 nitrogen and oxygen atoms in total. The number of hydrogen-bond donors (Lipinski definition) is 2. The highest BCUT2D eigenvalue weighted by Crippen LogP contribution is 2.21. The number of Topliss-reactive ketones (excluding diaryl/α,β-unsaturated/α-hetero) is 1. The Kier molecular flexibility index (Phi) is 5.43. The van der Waals surface area contributed by atoms with Crippen molar-refractivity contribution in [3.05, 3.63) is 71.8 Å². The number of hydrogen-bond acceptors (Lipinski definition) is 5. The van der Waals surface area contributed by atoms with Crippen LogP contribution in [-0.4, -0.2) is 41.0 Å². The molecule has 2 aromatic carbocycles. The molecule has 3 atom stereocenters. The van der Waals surface area contributed by atoms with Crippen molar-refractivity contribution in [3.8, 4) is 0 Å². The molecule has 0 aromatic heterocycles. The largest absolute Gasteiger partial charge is 0.449 e. The minimum absolute atomic E-state index is 0.107. The zero-order chi connectivity index (χ0) is 18.5. The van der Waals surface area contributed by atoms with Gasteiger partial charge in [-0.1, -0.05) is 36.4 Å². The zero-order valence-electron chi connectivity index (χ0n) is 14.0. The average molecular weight is 353 g/mol. The van der Waals surface area contributed by atoms with Crippen LogP contribution in [0.15, 0.2) is 60.7 Å². The molecule has 1 saturated carbocycles. The highest BCUT2D eigenvalue weighted by molar-refractivity contribution is 5.96. The molecule has 1 aliphatic rings. The van der Waals surface area contributed by atoms with E-state index in [0.717, 1.165) is 0 Å². The normalized spacial score (nSPS) is 22.5. The summed E-state index contributed by atoms with van der Waals surface area (Å²) in [5, 5.41) is 12.6. The monoisotopic (exact) mass is 353 g/mol. The van der Waals surface area contributed by atoms with Crippen LogP contribution in [0.25, 0.3) is 0 Å². The molecule has 0 spiro atoms. The second kappa shape index (κ2) is 7.93. The van der Waals surface area contributed by atoms with Gasteiger partial charge in [-0.3, -0.25) is 9.59 Å². The van der Waals surface area contributed by atoms with Gasteiger partial charge in [-0.05, 0) is 30.7 Å². The average Bonchev–Trinajstić information content (AvgIpc) is 2.65. The lowest BCUT2D eigenvalue weighted by Crippen LogP contribution is -2.54. The van der Waals surface area contributed by atoms with Gasteiger partial charge in [-0.25, -0.2) is 4.79 Å². The fourth-order valence-electron chi connectivity index (χ4n) is 2.95. The van der Waals surface area contributed by atoms with E-state index in [1.165, 1.54) is 0 Å². The summed E-state index contributed by atoms with van der Waals surface area (Å²) in [4.78, 5) is 37.0. The summed E-state index contributed by atoms with van der Waals surface area (Å²) in [7, 11) is 0. The van der Waals surface area contributed by atoms with Gasteiger partial charge in [0.1, 0.15) is 0 Å². The Labute approximate surface area is 150 Å². The lowest BCUT2D eigenvalue weighted by atomic mass is 9.88. The summed E-state index contributed by atoms with van der Waals surface area (Å²) in [5.74, 6) is -1.44. The van der Waals surface area contributed by atoms with Crippen LogP contribution < -0.4 is 5.32 Å². The molecule has 26 heavy (non-hydrogen) atoms. The van der Waals surface area contributed by atoms with Gasteiger partial charge in [0.2, 0.25) is 0 Å². The van der Waals surface area contributed by atoms with Crippen LogP contribution in [0.4, 0.5) is 0 Å². The Hall–Kier alpha value is -2.99. The number of carbonyl (C=O) groups excluding carboxylic acids is 3. The second-order valence-corrected chi connectivity index (χ2v) is 6.20. The molecule has 134 valence electrons. The topological polar surface area (TPSA) is 92.7 Å². The summed E-state index contributed by atoms with van der Waals surface area (Å²) >= 11 is 0. The maximum absolute atomic E-state index is 12.4. The van der Waals surface area contributed by atoms with Crippen LogP contribution >= 0.6 is 0 Å². The maximum Gasteiger partial charge on any atom is 0.338 e. The van der Waals surface area contributed by atoms with Crippen molar-refractivity contribution in [2.45, 2.75) is 31.1 Å². The predicted octanol–water partition coefficient (Wildman–Crippen LogP) is 1.73. The van der Waals surface area contributed by atoms with Crippen LogP contribution in [0, 0.1) is 0 Å². The van der Waals surface area contributed by atoms with Gasteiger partial charge in [0.15, 0.2) is 11.9 Å². The van der Waals surface area contributed by atoms with Crippen LogP contribution in [0.1, 0.15) is 33.6 Å². The standard InChI is InChI=1S/C20H19NO5/c22-15-11-16(21-19(24)13-7-3-1-4-8-13)18(17(23)12-15)26-20(25)14-9-5-2-6-10-14/h1-10,15-16,18,22H,11-12H2,(H,21,24)/t15-,16-,18-/m0/s1. The Morgan fingerprint density at radius 3 is 2.15 bits per heavy atom. The maximum atomic E-state index is 12.4. The van der Waals surface area contributed by atoms with E-state index in [2.05, 4.69) is 5.32 Å². The molecule has 2 N–H and O–H groups in total. The number of amides is 1. The molecule has 0 aliphatic heterocycles. The fraction of sp³-hybridized carbons (Fsp3) is 0.250. The van der Waals surface area contributed by atoms with Crippen molar-refractivity contribution >= 4 is 17.7 Å². The van der Waals surface area contributed by atoms with E-state index in [0.29, 0.717) is 11.1 Å². The number of carbonyl (C=O) groups is 3. The van der Waals surface area contributed by atoms with E-state index in [1.54, 1.807) is 60.7 Å². The van der Waals surface area contributed by atoms with Crippen LogP contribution in [-0.2, 0) is 9.53 Å². The minimum Gasteiger partial charge on any atom is -0.449 e. The minimum atomic E-state index is -1.13. The molecule has 1 fully saturated rings. The summed E-state index contributed by atoms with van der Waals surface area (Å²) in [5.41, 5.74) is 0.743. The Balaban J connectivity index is 1.75. The molecule has 1 aliphatic carbocycles. The Bertz CT molecular complexity index is 790. The van der Waals surface area contributed by atoms with Gasteiger partial charge in [0.25, 0.3) is 5.91 Å². The Morgan fingerprint density at radius 1 is 0.962 bits per heavy atom. The first-order valence-electron chi connectivity index (χ1n) is 8.37. The number of rotatable bonds is 4. The number of nitrogens with one attached hydrogen (secondary N) is 1.